The van der Waals surface area contributed by atoms with Gasteiger partial charge in [0, 0.05) is 42.1 Å². The van der Waals surface area contributed by atoms with Crippen LogP contribution in [0.1, 0.15) is 66.2 Å². The fourth-order valence-electron chi connectivity index (χ4n) is 7.85. The van der Waals surface area contributed by atoms with Crippen molar-refractivity contribution in [2.24, 2.45) is 11.3 Å². The molecule has 6 atom stereocenters. The van der Waals surface area contributed by atoms with Crippen molar-refractivity contribution in [3.05, 3.63) is 67.3 Å². The summed E-state index contributed by atoms with van der Waals surface area (Å²) in [7, 11) is -2.17. The number of hydrogen-bond donors (Lipinski definition) is 2. The Balaban J connectivity index is 1.32. The molecule has 0 bridgehead atoms. The van der Waals surface area contributed by atoms with Gasteiger partial charge in [0.1, 0.15) is 41.1 Å². The van der Waals surface area contributed by atoms with Crippen molar-refractivity contribution >= 4 is 42.3 Å². The summed E-state index contributed by atoms with van der Waals surface area (Å²) >= 11 is 0. The third kappa shape index (κ3) is 9.84. The Morgan fingerprint density at radius 3 is 2.42 bits per heavy atom. The first-order valence-corrected chi connectivity index (χ1v) is 22.1. The van der Waals surface area contributed by atoms with Gasteiger partial charge >= 0.3 is 12.2 Å². The number of likely N-dealkylation sites (tertiary alicyclic amines) is 1. The smallest absolute Gasteiger partial charge is 0.497 e. The minimum absolute atomic E-state index is 0.0188. The van der Waals surface area contributed by atoms with Gasteiger partial charge in [0.15, 0.2) is 0 Å². The summed E-state index contributed by atoms with van der Waals surface area (Å²) in [6.45, 7) is 11.7. The van der Waals surface area contributed by atoms with Crippen LogP contribution < -0.4 is 20.1 Å². The van der Waals surface area contributed by atoms with Crippen molar-refractivity contribution in [2.75, 3.05) is 33.7 Å². The molecule has 3 aliphatic rings. The highest BCUT2D eigenvalue weighted by Gasteiger charge is 2.65. The molecule has 6 rings (SSSR count). The second-order valence-corrected chi connectivity index (χ2v) is 19.1. The number of benzene rings is 2. The third-order valence-corrected chi connectivity index (χ3v) is 13.9. The van der Waals surface area contributed by atoms with E-state index in [1.807, 2.05) is 69.3 Å². The average Bonchev–Trinajstić information content (AvgIpc) is 3.46. The molecule has 0 radical (unpaired) electrons. The normalized spacial score (nSPS) is 23.1. The molecule has 15 nitrogen and oxygen atoms in total. The number of methoxy groups -OCH3 is 1. The number of amides is 3. The summed E-state index contributed by atoms with van der Waals surface area (Å²) in [5.74, 6) is -0.446. The minimum atomic E-state index is -3.75. The van der Waals surface area contributed by atoms with Gasteiger partial charge in [-0.25, -0.2) is 14.6 Å². The van der Waals surface area contributed by atoms with Gasteiger partial charge < -0.3 is 39.2 Å². The van der Waals surface area contributed by atoms with Crippen molar-refractivity contribution in [3.63, 3.8) is 0 Å². The standard InChI is InChI=1S/C43H55N4O11P/c1-8-28-24-43(28,59(7,52)56-26-55-41(51)54-9-2)46-38(48)35-22-31(25-47(35)39(49)37(42(3,4)5)45-40(50)58-29-17-13-14-18-29)57-36-23-33(27-15-11-10-12-16-27)44-34-21-30(53-6)19-20-32(34)36/h8,10-12,15-16,19-21,23,28-29,31,35,37H,1,9,13-14,17-18,22,24-26H2,2-7H3,(H,45,50)(H,46,48)/t28-,31?,35+,37-,43+,59?/m1/s1. The Morgan fingerprint density at radius 1 is 1.05 bits per heavy atom. The van der Waals surface area contributed by atoms with Crippen LogP contribution in [0.3, 0.4) is 0 Å². The largest absolute Gasteiger partial charge is 0.510 e. The molecule has 2 aliphatic carbocycles. The van der Waals surface area contributed by atoms with Gasteiger partial charge in [-0.05, 0) is 56.6 Å². The number of carbonyl (C=O) groups excluding carboxylic acids is 4. The van der Waals surface area contributed by atoms with E-state index in [0.29, 0.717) is 28.1 Å². The van der Waals surface area contributed by atoms with Gasteiger partial charge in [0.2, 0.25) is 26.0 Å². The molecule has 1 aliphatic heterocycles. The molecule has 318 valence electrons. The Morgan fingerprint density at radius 2 is 1.78 bits per heavy atom. The lowest BCUT2D eigenvalue weighted by molar-refractivity contribution is -0.142. The molecule has 16 heteroatoms. The Bertz CT molecular complexity index is 2090. The fraction of sp³-hybridized carbons (Fsp3) is 0.512. The van der Waals surface area contributed by atoms with E-state index < -0.39 is 73.0 Å². The molecule has 2 saturated carbocycles. The first-order valence-electron chi connectivity index (χ1n) is 20.0. The van der Waals surface area contributed by atoms with Crippen molar-refractivity contribution in [3.8, 4) is 22.8 Å². The van der Waals surface area contributed by atoms with Gasteiger partial charge in [-0.3, -0.25) is 18.7 Å². The van der Waals surface area contributed by atoms with Crippen LogP contribution in [-0.4, -0.2) is 97.2 Å². The summed E-state index contributed by atoms with van der Waals surface area (Å²) in [5.41, 5.74) is 1.33. The highest BCUT2D eigenvalue weighted by atomic mass is 31.2. The molecular formula is C43H55N4O11P. The lowest BCUT2D eigenvalue weighted by Gasteiger charge is -2.36. The molecule has 3 amide bonds. The molecule has 1 saturated heterocycles. The minimum Gasteiger partial charge on any atom is -0.497 e. The molecule has 59 heavy (non-hydrogen) atoms. The monoisotopic (exact) mass is 834 g/mol. The summed E-state index contributed by atoms with van der Waals surface area (Å²) in [4.78, 5) is 60.8. The first-order chi connectivity index (χ1) is 28.1. The van der Waals surface area contributed by atoms with E-state index in [-0.39, 0.29) is 32.1 Å². The van der Waals surface area contributed by atoms with Crippen molar-refractivity contribution < 1.29 is 52.0 Å². The van der Waals surface area contributed by atoms with Crippen LogP contribution in [0.25, 0.3) is 22.2 Å². The molecular weight excluding hydrogens is 779 g/mol. The Labute approximate surface area is 344 Å². The number of carbonyl (C=O) groups is 4. The molecule has 2 N–H and O–H groups in total. The SMILES string of the molecule is C=C[C@@H]1C[C@]1(NC(=O)[C@@H]1CC(Oc2cc(-c3ccccc3)nc3cc(OC)ccc23)CN1C(=O)[C@@H](NC(=O)OC1CCCC1)C(C)(C)C)P(C)(=O)OCOC(=O)OCC. The summed E-state index contributed by atoms with van der Waals surface area (Å²) in [5, 5.41) is 5.10. The highest BCUT2D eigenvalue weighted by Crippen LogP contribution is 2.70. The molecule has 2 heterocycles. The molecule has 2 aromatic carbocycles. The van der Waals surface area contributed by atoms with Crippen LogP contribution >= 0.6 is 7.37 Å². The van der Waals surface area contributed by atoms with Crippen LogP contribution in [0, 0.1) is 11.3 Å². The van der Waals surface area contributed by atoms with Crippen molar-refractivity contribution in [1.82, 2.24) is 20.5 Å². The van der Waals surface area contributed by atoms with Crippen LogP contribution in [0.2, 0.25) is 0 Å². The quantitative estimate of drug-likeness (QED) is 0.0671. The van der Waals surface area contributed by atoms with Crippen LogP contribution in [0.5, 0.6) is 11.5 Å². The number of nitrogens with zero attached hydrogens (tertiary/aromatic N) is 2. The lowest BCUT2D eigenvalue weighted by Crippen LogP contribution is -2.58. The zero-order valence-corrected chi connectivity index (χ0v) is 35.5. The number of pyridine rings is 1. The Hall–Kier alpha value is -5.14. The predicted molar refractivity (Wildman–Crippen MR) is 220 cm³/mol. The van der Waals surface area contributed by atoms with Crippen LogP contribution in [0.15, 0.2) is 67.3 Å². The second kappa shape index (κ2) is 18.0. The number of rotatable bonds is 15. The first kappa shape index (κ1) is 43.4. The topological polar surface area (TPSA) is 181 Å². The number of nitrogens with one attached hydrogen (secondary N) is 2. The number of ether oxygens (including phenoxy) is 5. The van der Waals surface area contributed by atoms with Gasteiger partial charge in [0.25, 0.3) is 0 Å². The van der Waals surface area contributed by atoms with Gasteiger partial charge in [-0.1, -0.05) is 57.2 Å². The number of aromatic nitrogens is 1. The molecule has 1 aromatic heterocycles. The van der Waals surface area contributed by atoms with E-state index in [0.717, 1.165) is 31.2 Å². The second-order valence-electron chi connectivity index (χ2n) is 16.4. The van der Waals surface area contributed by atoms with Gasteiger partial charge in [-0.2, -0.15) is 0 Å². The Kier molecular flexibility index (Phi) is 13.3. The summed E-state index contributed by atoms with van der Waals surface area (Å²) in [6.07, 6.45) is 2.68. The van der Waals surface area contributed by atoms with Crippen molar-refractivity contribution in [2.45, 2.75) is 95.8 Å². The summed E-state index contributed by atoms with van der Waals surface area (Å²) < 4.78 is 47.5. The molecule has 3 fully saturated rings. The van der Waals surface area contributed by atoms with E-state index in [1.165, 1.54) is 11.6 Å². The van der Waals surface area contributed by atoms with E-state index in [9.17, 15) is 23.7 Å². The van der Waals surface area contributed by atoms with Crippen LogP contribution in [0.4, 0.5) is 9.59 Å². The number of hydrogen-bond acceptors (Lipinski definition) is 12. The van der Waals surface area contributed by atoms with E-state index >= 15 is 0 Å². The number of alkyl carbamates (subject to hydrolysis) is 1. The van der Waals surface area contributed by atoms with Gasteiger partial charge in [0.05, 0.1) is 31.5 Å². The molecule has 2 unspecified atom stereocenters. The van der Waals surface area contributed by atoms with E-state index in [2.05, 4.69) is 17.2 Å². The predicted octanol–water partition coefficient (Wildman–Crippen LogP) is 7.42. The van der Waals surface area contributed by atoms with Crippen molar-refractivity contribution in [1.29, 1.82) is 0 Å². The summed E-state index contributed by atoms with van der Waals surface area (Å²) in [6, 6.07) is 14.7. The third-order valence-electron chi connectivity index (χ3n) is 11.2. The maximum Gasteiger partial charge on any atom is 0.510 e. The maximum atomic E-state index is 14.8. The van der Waals surface area contributed by atoms with E-state index in [4.69, 9.17) is 33.2 Å². The number of fused-ring (bicyclic) bond motifs is 1. The van der Waals surface area contributed by atoms with Crippen LogP contribution in [-0.2, 0) is 32.9 Å². The zero-order chi connectivity index (χ0) is 42.5. The fourth-order valence-corrected chi connectivity index (χ4v) is 9.88. The van der Waals surface area contributed by atoms with Gasteiger partial charge in [-0.15, -0.1) is 6.58 Å². The van der Waals surface area contributed by atoms with E-state index in [1.54, 1.807) is 26.2 Å². The highest BCUT2D eigenvalue weighted by molar-refractivity contribution is 7.60. The molecule has 0 spiro atoms. The molecule has 3 aromatic rings. The lowest BCUT2D eigenvalue weighted by atomic mass is 9.85. The zero-order valence-electron chi connectivity index (χ0n) is 34.6. The average molecular weight is 835 g/mol. The maximum absolute atomic E-state index is 14.8.